The average Bonchev–Trinajstić information content (AvgIpc) is 2.98. The molecule has 8 nitrogen and oxygen atoms in total. The largest absolute Gasteiger partial charge is 0.394 e. The van der Waals surface area contributed by atoms with E-state index in [9.17, 15) is 20.3 Å². The maximum Gasteiger partial charge on any atom is 0.327 e. The fourth-order valence-electron chi connectivity index (χ4n) is 2.72. The smallest absolute Gasteiger partial charge is 0.327 e. The van der Waals surface area contributed by atoms with E-state index in [1.165, 1.54) is 0 Å². The van der Waals surface area contributed by atoms with Gasteiger partial charge in [-0.05, 0) is 11.0 Å². The number of para-hydroxylation sites is 1. The highest BCUT2D eigenvalue weighted by Gasteiger charge is 2.46. The van der Waals surface area contributed by atoms with Crippen LogP contribution in [0.1, 0.15) is 11.7 Å². The summed E-state index contributed by atoms with van der Waals surface area (Å²) in [4.78, 5) is 13.3. The number of nitrogens with one attached hydrogen (secondary N) is 1. The third-order valence-corrected chi connectivity index (χ3v) is 3.73. The van der Waals surface area contributed by atoms with Crippen LogP contribution in [0.5, 0.6) is 0 Å². The van der Waals surface area contributed by atoms with E-state index in [4.69, 9.17) is 9.84 Å². The van der Waals surface area contributed by atoms with Gasteiger partial charge in [0.25, 0.3) is 0 Å². The Labute approximate surface area is 118 Å². The Balaban J connectivity index is 2.15. The lowest BCUT2D eigenvalue weighted by Gasteiger charge is -2.13. The van der Waals surface area contributed by atoms with E-state index in [2.05, 4.69) is 4.98 Å². The molecule has 1 unspecified atom stereocenters. The summed E-state index contributed by atoms with van der Waals surface area (Å²) in [6.45, 7) is -0.481. The molecule has 1 fully saturated rings. The van der Waals surface area contributed by atoms with Gasteiger partial charge in [-0.3, -0.25) is 0 Å². The molecule has 1 saturated heterocycles. The third kappa shape index (κ3) is 2.09. The minimum Gasteiger partial charge on any atom is -0.394 e. The molecule has 8 heteroatoms. The van der Waals surface area contributed by atoms with E-state index < -0.39 is 35.9 Å². The number of benzene rings is 1. The summed E-state index contributed by atoms with van der Waals surface area (Å²) < 4.78 is 5.40. The van der Waals surface area contributed by atoms with E-state index >= 15 is 0 Å². The summed E-state index contributed by atoms with van der Waals surface area (Å²) >= 11 is 0. The Morgan fingerprint density at radius 2 is 2.00 bits per heavy atom. The summed E-state index contributed by atoms with van der Waals surface area (Å²) in [6, 6.07) is 6.78. The molecule has 0 radical (unpaired) electrons. The van der Waals surface area contributed by atoms with E-state index in [0.717, 1.165) is 0 Å². The highest BCUT2D eigenvalue weighted by Crippen LogP contribution is 2.41. The van der Waals surface area contributed by atoms with Gasteiger partial charge >= 0.3 is 5.82 Å². The lowest BCUT2D eigenvalue weighted by atomic mass is 10.0. The number of aliphatic hydroxyl groups excluding tert-OH is 3. The van der Waals surface area contributed by atoms with E-state index in [-0.39, 0.29) is 11.4 Å². The predicted octanol–water partition coefficient (Wildman–Crippen LogP) is 0.230. The molecule has 4 atom stereocenters. The summed E-state index contributed by atoms with van der Waals surface area (Å²) in [6.07, 6.45) is -4.69. The Bertz CT molecular complexity index is 684. The van der Waals surface area contributed by atoms with Crippen LogP contribution in [0, 0.1) is 10.1 Å². The van der Waals surface area contributed by atoms with Crippen molar-refractivity contribution >= 4 is 16.7 Å². The first-order valence-corrected chi connectivity index (χ1v) is 6.42. The highest BCUT2D eigenvalue weighted by molar-refractivity contribution is 5.87. The Morgan fingerprint density at radius 3 is 2.62 bits per heavy atom. The van der Waals surface area contributed by atoms with Crippen molar-refractivity contribution in [3.8, 4) is 0 Å². The lowest BCUT2D eigenvalue weighted by Crippen LogP contribution is -2.32. The van der Waals surface area contributed by atoms with Crippen molar-refractivity contribution in [1.29, 1.82) is 0 Å². The Hall–Kier alpha value is -2.00. The Morgan fingerprint density at radius 1 is 1.29 bits per heavy atom. The molecule has 2 aromatic rings. The number of ether oxygens (including phenoxy) is 1. The molecular formula is C13H14N2O6. The van der Waals surface area contributed by atoms with Crippen LogP contribution in [-0.2, 0) is 4.74 Å². The molecule has 1 aliphatic heterocycles. The number of aliphatic hydroxyl groups is 3. The standard InChI is InChI=1S/C13H14N2O6/c16-5-8-10(17)11(18)12(21-8)9-6-3-1-2-4-7(6)14-13(9)15(19)20/h1-4,8,10-12,14,16-18H,5H2/t8-,10-,11-,12?/m1/s1. The number of hydrogen-bond acceptors (Lipinski definition) is 6. The van der Waals surface area contributed by atoms with Crippen LogP contribution in [-0.4, -0.2) is 50.1 Å². The molecule has 0 spiro atoms. The molecule has 3 rings (SSSR count). The van der Waals surface area contributed by atoms with Gasteiger partial charge in [0.05, 0.1) is 12.2 Å². The van der Waals surface area contributed by atoms with Gasteiger partial charge in [-0.2, -0.15) is 0 Å². The third-order valence-electron chi connectivity index (χ3n) is 3.73. The molecule has 0 bridgehead atoms. The topological polar surface area (TPSA) is 129 Å². The van der Waals surface area contributed by atoms with Gasteiger partial charge in [0.15, 0.2) is 0 Å². The lowest BCUT2D eigenvalue weighted by molar-refractivity contribution is -0.390. The first-order chi connectivity index (χ1) is 10.0. The van der Waals surface area contributed by atoms with Gasteiger partial charge in [-0.1, -0.05) is 18.2 Å². The zero-order valence-corrected chi connectivity index (χ0v) is 10.8. The summed E-state index contributed by atoms with van der Waals surface area (Å²) in [5.41, 5.74) is 0.718. The van der Waals surface area contributed by atoms with Crippen LogP contribution >= 0.6 is 0 Å². The minimum atomic E-state index is -1.35. The fourth-order valence-corrected chi connectivity index (χ4v) is 2.72. The van der Waals surface area contributed by atoms with Crippen LogP contribution < -0.4 is 0 Å². The Kier molecular flexibility index (Phi) is 3.38. The van der Waals surface area contributed by atoms with Crippen LogP contribution in [0.25, 0.3) is 10.9 Å². The number of aromatic amines is 1. The zero-order chi connectivity index (χ0) is 15.1. The van der Waals surface area contributed by atoms with Crippen LogP contribution in [0.4, 0.5) is 5.82 Å². The number of nitro groups is 1. The number of nitrogens with zero attached hydrogens (tertiary/aromatic N) is 1. The molecule has 0 amide bonds. The second-order valence-corrected chi connectivity index (χ2v) is 4.95. The second kappa shape index (κ2) is 5.08. The first-order valence-electron chi connectivity index (χ1n) is 6.42. The number of rotatable bonds is 3. The normalized spacial score (nSPS) is 29.1. The minimum absolute atomic E-state index is 0.179. The number of hydrogen-bond donors (Lipinski definition) is 4. The van der Waals surface area contributed by atoms with Crippen LogP contribution in [0.3, 0.4) is 0 Å². The van der Waals surface area contributed by atoms with Gasteiger partial charge in [0.1, 0.15) is 29.9 Å². The summed E-state index contributed by atoms with van der Waals surface area (Å²) in [7, 11) is 0. The van der Waals surface area contributed by atoms with Gasteiger partial charge in [-0.15, -0.1) is 0 Å². The zero-order valence-electron chi connectivity index (χ0n) is 10.8. The van der Waals surface area contributed by atoms with Crippen molar-refractivity contribution in [3.63, 3.8) is 0 Å². The average molecular weight is 294 g/mol. The SMILES string of the molecule is O=[N+]([O-])c1[nH]c2ccccc2c1C1O[C@H](CO)[C@@H](O)[C@H]1O. The van der Waals surface area contributed by atoms with Crippen molar-refractivity contribution in [1.82, 2.24) is 4.98 Å². The monoisotopic (exact) mass is 294 g/mol. The van der Waals surface area contributed by atoms with Crippen molar-refractivity contribution in [2.24, 2.45) is 0 Å². The van der Waals surface area contributed by atoms with Crippen LogP contribution in [0.2, 0.25) is 0 Å². The molecule has 1 aromatic heterocycles. The number of aromatic nitrogens is 1. The van der Waals surface area contributed by atoms with Gasteiger partial charge < -0.3 is 30.2 Å². The maximum atomic E-state index is 11.2. The molecule has 112 valence electrons. The van der Waals surface area contributed by atoms with Crippen molar-refractivity contribution in [2.45, 2.75) is 24.4 Å². The predicted molar refractivity (Wildman–Crippen MR) is 71.7 cm³/mol. The molecule has 0 aliphatic carbocycles. The molecule has 1 aromatic carbocycles. The number of H-pyrrole nitrogens is 1. The molecule has 21 heavy (non-hydrogen) atoms. The molecule has 4 N–H and O–H groups in total. The van der Waals surface area contributed by atoms with Gasteiger partial charge in [0, 0.05) is 5.39 Å². The summed E-state index contributed by atoms with van der Waals surface area (Å²) in [5, 5.41) is 40.8. The highest BCUT2D eigenvalue weighted by atomic mass is 16.6. The molecule has 0 saturated carbocycles. The molecular weight excluding hydrogens is 280 g/mol. The van der Waals surface area contributed by atoms with Gasteiger partial charge in [-0.25, -0.2) is 4.98 Å². The van der Waals surface area contributed by atoms with E-state index in [1.54, 1.807) is 24.3 Å². The van der Waals surface area contributed by atoms with Crippen molar-refractivity contribution < 1.29 is 25.0 Å². The van der Waals surface area contributed by atoms with Crippen molar-refractivity contribution in [2.75, 3.05) is 6.61 Å². The fraction of sp³-hybridized carbons (Fsp3) is 0.385. The van der Waals surface area contributed by atoms with E-state index in [1.807, 2.05) is 0 Å². The summed E-state index contributed by atoms with van der Waals surface area (Å²) in [5.74, 6) is -0.286. The molecule has 2 heterocycles. The van der Waals surface area contributed by atoms with Gasteiger partial charge in [0.2, 0.25) is 0 Å². The second-order valence-electron chi connectivity index (χ2n) is 4.95. The van der Waals surface area contributed by atoms with Crippen molar-refractivity contribution in [3.05, 3.63) is 39.9 Å². The quantitative estimate of drug-likeness (QED) is 0.474. The number of fused-ring (bicyclic) bond motifs is 1. The van der Waals surface area contributed by atoms with Crippen LogP contribution in [0.15, 0.2) is 24.3 Å². The van der Waals surface area contributed by atoms with E-state index in [0.29, 0.717) is 10.9 Å². The maximum absolute atomic E-state index is 11.2. The molecule has 1 aliphatic rings. The first kappa shape index (κ1) is 14.0.